The standard InChI is InChI=1S/C19H29NO8/c1-16(21)20-17-3-5-18(6-4-17)28-14-13-26-10-9-24-7-8-25-11-12-27-15-19(22)23-2/h3-6H,7-15H2,1-2H3,(H,20,21). The summed E-state index contributed by atoms with van der Waals surface area (Å²) in [4.78, 5) is 21.7. The first-order chi connectivity index (χ1) is 13.6. The Labute approximate surface area is 165 Å². The Kier molecular flexibility index (Phi) is 13.5. The number of carbonyl (C=O) groups excluding carboxylic acids is 2. The zero-order chi connectivity index (χ0) is 20.5. The summed E-state index contributed by atoms with van der Waals surface area (Å²) in [5.74, 6) is 0.191. The Morgan fingerprint density at radius 3 is 1.79 bits per heavy atom. The summed E-state index contributed by atoms with van der Waals surface area (Å²) in [6.45, 7) is 4.81. The van der Waals surface area contributed by atoms with E-state index in [2.05, 4.69) is 10.1 Å². The zero-order valence-electron chi connectivity index (χ0n) is 16.4. The molecule has 1 N–H and O–H groups in total. The number of ether oxygens (including phenoxy) is 6. The van der Waals surface area contributed by atoms with Crippen molar-refractivity contribution in [1.29, 1.82) is 0 Å². The monoisotopic (exact) mass is 399 g/mol. The van der Waals surface area contributed by atoms with Gasteiger partial charge in [0.2, 0.25) is 5.91 Å². The third-order valence-corrected chi connectivity index (χ3v) is 3.23. The van der Waals surface area contributed by atoms with Gasteiger partial charge in [-0.3, -0.25) is 4.79 Å². The first kappa shape index (κ1) is 23.8. The van der Waals surface area contributed by atoms with Gasteiger partial charge in [-0.15, -0.1) is 0 Å². The van der Waals surface area contributed by atoms with E-state index in [1.165, 1.54) is 14.0 Å². The fourth-order valence-electron chi connectivity index (χ4n) is 1.93. The average molecular weight is 399 g/mol. The molecule has 1 amide bonds. The third-order valence-electron chi connectivity index (χ3n) is 3.23. The smallest absolute Gasteiger partial charge is 0.331 e. The second-order valence-electron chi connectivity index (χ2n) is 5.52. The summed E-state index contributed by atoms with van der Waals surface area (Å²) < 4.78 is 31.1. The van der Waals surface area contributed by atoms with Crippen molar-refractivity contribution in [3.63, 3.8) is 0 Å². The summed E-state index contributed by atoms with van der Waals surface area (Å²) in [5, 5.41) is 2.69. The van der Waals surface area contributed by atoms with Crippen LogP contribution in [-0.4, -0.2) is 78.4 Å². The Bertz CT molecular complexity index is 549. The molecular weight excluding hydrogens is 370 g/mol. The van der Waals surface area contributed by atoms with Crippen LogP contribution in [0.5, 0.6) is 5.75 Å². The largest absolute Gasteiger partial charge is 0.491 e. The molecule has 0 aliphatic carbocycles. The van der Waals surface area contributed by atoms with Gasteiger partial charge in [0.25, 0.3) is 0 Å². The normalized spacial score (nSPS) is 10.5. The minimum atomic E-state index is -0.409. The van der Waals surface area contributed by atoms with Crippen molar-refractivity contribution in [1.82, 2.24) is 0 Å². The van der Waals surface area contributed by atoms with Gasteiger partial charge in [-0.05, 0) is 24.3 Å². The van der Waals surface area contributed by atoms with E-state index in [-0.39, 0.29) is 12.5 Å². The summed E-state index contributed by atoms with van der Waals surface area (Å²) in [6, 6.07) is 7.13. The summed E-state index contributed by atoms with van der Waals surface area (Å²) in [6.07, 6.45) is 0. The van der Waals surface area contributed by atoms with Crippen molar-refractivity contribution in [3.05, 3.63) is 24.3 Å². The molecule has 28 heavy (non-hydrogen) atoms. The number of benzene rings is 1. The predicted molar refractivity (Wildman–Crippen MR) is 102 cm³/mol. The van der Waals surface area contributed by atoms with E-state index in [1.807, 2.05) is 0 Å². The highest BCUT2D eigenvalue weighted by Gasteiger charge is 1.99. The van der Waals surface area contributed by atoms with Crippen LogP contribution in [0.2, 0.25) is 0 Å². The van der Waals surface area contributed by atoms with Crippen molar-refractivity contribution < 1.29 is 38.0 Å². The number of hydrogen-bond donors (Lipinski definition) is 1. The Morgan fingerprint density at radius 1 is 0.786 bits per heavy atom. The van der Waals surface area contributed by atoms with E-state index >= 15 is 0 Å². The van der Waals surface area contributed by atoms with Crippen molar-refractivity contribution in [2.45, 2.75) is 6.92 Å². The van der Waals surface area contributed by atoms with Crippen LogP contribution in [0.4, 0.5) is 5.69 Å². The highest BCUT2D eigenvalue weighted by Crippen LogP contribution is 2.15. The number of esters is 1. The van der Waals surface area contributed by atoms with Crippen molar-refractivity contribution >= 4 is 17.6 Å². The van der Waals surface area contributed by atoms with Gasteiger partial charge in [0.1, 0.15) is 19.0 Å². The Hall–Kier alpha value is -2.20. The lowest BCUT2D eigenvalue weighted by Gasteiger charge is -2.09. The van der Waals surface area contributed by atoms with Gasteiger partial charge in [0, 0.05) is 12.6 Å². The zero-order valence-corrected chi connectivity index (χ0v) is 16.4. The molecule has 0 bridgehead atoms. The average Bonchev–Trinajstić information content (AvgIpc) is 2.68. The number of methoxy groups -OCH3 is 1. The van der Waals surface area contributed by atoms with Crippen molar-refractivity contribution in [3.8, 4) is 5.75 Å². The van der Waals surface area contributed by atoms with Crippen LogP contribution in [0.15, 0.2) is 24.3 Å². The number of anilines is 1. The number of amides is 1. The molecule has 0 spiro atoms. The Morgan fingerprint density at radius 2 is 1.29 bits per heavy atom. The lowest BCUT2D eigenvalue weighted by atomic mass is 10.3. The SMILES string of the molecule is COC(=O)COCCOCCOCCOCCOc1ccc(NC(C)=O)cc1. The fourth-order valence-corrected chi connectivity index (χ4v) is 1.93. The molecule has 0 radical (unpaired) electrons. The second kappa shape index (κ2) is 15.8. The van der Waals surface area contributed by atoms with Crippen LogP contribution in [0.3, 0.4) is 0 Å². The van der Waals surface area contributed by atoms with E-state index in [0.717, 1.165) is 5.69 Å². The number of nitrogens with one attached hydrogen (secondary N) is 1. The van der Waals surface area contributed by atoms with Crippen LogP contribution in [0.25, 0.3) is 0 Å². The lowest BCUT2D eigenvalue weighted by molar-refractivity contribution is -0.146. The maximum absolute atomic E-state index is 10.9. The minimum absolute atomic E-state index is 0.0696. The van der Waals surface area contributed by atoms with Gasteiger partial charge in [-0.2, -0.15) is 0 Å². The first-order valence-electron chi connectivity index (χ1n) is 9.00. The molecule has 158 valence electrons. The number of hydrogen-bond acceptors (Lipinski definition) is 8. The lowest BCUT2D eigenvalue weighted by Crippen LogP contribution is -2.15. The van der Waals surface area contributed by atoms with Gasteiger partial charge in [0.15, 0.2) is 0 Å². The van der Waals surface area contributed by atoms with Crippen LogP contribution < -0.4 is 10.1 Å². The maximum Gasteiger partial charge on any atom is 0.331 e. The van der Waals surface area contributed by atoms with E-state index in [4.69, 9.17) is 23.7 Å². The summed E-state index contributed by atoms with van der Waals surface area (Å²) in [5.41, 5.74) is 0.728. The van der Waals surface area contributed by atoms with Crippen molar-refractivity contribution in [2.75, 3.05) is 71.9 Å². The molecule has 0 atom stereocenters. The highest BCUT2D eigenvalue weighted by atomic mass is 16.6. The molecule has 1 rings (SSSR count). The third kappa shape index (κ3) is 13.0. The molecule has 0 aliphatic heterocycles. The van der Waals surface area contributed by atoms with E-state index < -0.39 is 5.97 Å². The minimum Gasteiger partial charge on any atom is -0.491 e. The van der Waals surface area contributed by atoms with Crippen LogP contribution in [0.1, 0.15) is 6.92 Å². The van der Waals surface area contributed by atoms with Crippen LogP contribution >= 0.6 is 0 Å². The molecule has 0 saturated carbocycles. The van der Waals surface area contributed by atoms with Crippen LogP contribution in [-0.2, 0) is 33.3 Å². The molecule has 0 unspecified atom stereocenters. The summed E-state index contributed by atoms with van der Waals surface area (Å²) in [7, 11) is 1.31. The molecular formula is C19H29NO8. The molecule has 0 saturated heterocycles. The second-order valence-corrected chi connectivity index (χ2v) is 5.52. The molecule has 9 heteroatoms. The molecule has 9 nitrogen and oxygen atoms in total. The molecule has 1 aromatic carbocycles. The first-order valence-corrected chi connectivity index (χ1v) is 9.00. The van der Waals surface area contributed by atoms with E-state index in [1.54, 1.807) is 24.3 Å². The van der Waals surface area contributed by atoms with Gasteiger partial charge in [0.05, 0.1) is 53.4 Å². The fraction of sp³-hybridized carbons (Fsp3) is 0.579. The maximum atomic E-state index is 10.9. The Balaban J connectivity index is 1.85. The van der Waals surface area contributed by atoms with E-state index in [9.17, 15) is 9.59 Å². The molecule has 0 aromatic heterocycles. The van der Waals surface area contributed by atoms with Crippen LogP contribution in [0, 0.1) is 0 Å². The highest BCUT2D eigenvalue weighted by molar-refractivity contribution is 5.88. The van der Waals surface area contributed by atoms with E-state index in [0.29, 0.717) is 58.6 Å². The molecule has 1 aromatic rings. The van der Waals surface area contributed by atoms with Crippen molar-refractivity contribution in [2.24, 2.45) is 0 Å². The summed E-state index contributed by atoms with van der Waals surface area (Å²) >= 11 is 0. The predicted octanol–water partition coefficient (Wildman–Crippen LogP) is 1.26. The number of carbonyl (C=O) groups is 2. The van der Waals surface area contributed by atoms with Gasteiger partial charge in [-0.25, -0.2) is 4.79 Å². The topological polar surface area (TPSA) is 102 Å². The van der Waals surface area contributed by atoms with Gasteiger partial charge >= 0.3 is 5.97 Å². The van der Waals surface area contributed by atoms with Gasteiger partial charge in [-0.1, -0.05) is 0 Å². The molecule has 0 aliphatic rings. The quantitative estimate of drug-likeness (QED) is 0.328. The molecule has 0 fully saturated rings. The number of rotatable bonds is 16. The van der Waals surface area contributed by atoms with Gasteiger partial charge < -0.3 is 33.7 Å². The molecule has 0 heterocycles.